The van der Waals surface area contributed by atoms with Gasteiger partial charge in [-0.2, -0.15) is 18.2 Å². The molecular formula is C7H9F3N2O2. The van der Waals surface area contributed by atoms with Crippen LogP contribution in [0.1, 0.15) is 31.2 Å². The smallest absolute Gasteiger partial charge is 0.384 e. The maximum atomic E-state index is 11.8. The molecule has 0 aliphatic carbocycles. The van der Waals surface area contributed by atoms with E-state index in [1.54, 1.807) is 0 Å². The number of nitrogens with zero attached hydrogens (tertiary/aromatic N) is 2. The van der Waals surface area contributed by atoms with E-state index in [0.717, 1.165) is 0 Å². The Kier molecular flexibility index (Phi) is 3.10. The molecule has 1 heterocycles. The standard InChI is InChI=1S/C7H9F3N2O2/c1-4(13)6-11-5(12-14-6)2-3-7(8,9)10/h4,13H,2-3H2,1H3. The summed E-state index contributed by atoms with van der Waals surface area (Å²) in [6, 6.07) is 0. The average Bonchev–Trinajstić information content (AvgIpc) is 2.47. The molecule has 0 amide bonds. The van der Waals surface area contributed by atoms with Gasteiger partial charge in [0.05, 0.1) is 6.42 Å². The minimum Gasteiger partial charge on any atom is -0.384 e. The van der Waals surface area contributed by atoms with E-state index >= 15 is 0 Å². The Morgan fingerprint density at radius 2 is 2.14 bits per heavy atom. The molecule has 1 atom stereocenters. The lowest BCUT2D eigenvalue weighted by atomic mass is 10.3. The van der Waals surface area contributed by atoms with Gasteiger partial charge in [0, 0.05) is 6.42 Å². The summed E-state index contributed by atoms with van der Waals surface area (Å²) in [5.41, 5.74) is 0. The predicted octanol–water partition coefficient (Wildman–Crippen LogP) is 1.62. The number of rotatable bonds is 3. The van der Waals surface area contributed by atoms with Gasteiger partial charge in [-0.3, -0.25) is 0 Å². The fourth-order valence-corrected chi connectivity index (χ4v) is 0.792. The molecule has 0 radical (unpaired) electrons. The molecule has 1 unspecified atom stereocenters. The normalized spacial score (nSPS) is 14.4. The summed E-state index contributed by atoms with van der Waals surface area (Å²) in [5.74, 6) is -0.111. The molecule has 1 aromatic heterocycles. The fraction of sp³-hybridized carbons (Fsp3) is 0.714. The van der Waals surface area contributed by atoms with Crippen molar-refractivity contribution in [1.29, 1.82) is 0 Å². The highest BCUT2D eigenvalue weighted by Crippen LogP contribution is 2.21. The third kappa shape index (κ3) is 3.33. The highest BCUT2D eigenvalue weighted by atomic mass is 19.4. The number of aliphatic hydroxyl groups excluding tert-OH is 1. The van der Waals surface area contributed by atoms with E-state index in [1.165, 1.54) is 6.92 Å². The third-order valence-electron chi connectivity index (χ3n) is 1.47. The molecule has 0 aliphatic heterocycles. The highest BCUT2D eigenvalue weighted by molar-refractivity contribution is 4.89. The summed E-state index contributed by atoms with van der Waals surface area (Å²) >= 11 is 0. The van der Waals surface area contributed by atoms with Crippen LogP contribution >= 0.6 is 0 Å². The van der Waals surface area contributed by atoms with Crippen molar-refractivity contribution in [3.63, 3.8) is 0 Å². The number of hydrogen-bond donors (Lipinski definition) is 1. The first-order chi connectivity index (χ1) is 6.38. The summed E-state index contributed by atoms with van der Waals surface area (Å²) in [7, 11) is 0. The third-order valence-corrected chi connectivity index (χ3v) is 1.47. The average molecular weight is 210 g/mol. The Labute approximate surface area is 77.7 Å². The maximum absolute atomic E-state index is 11.8. The van der Waals surface area contributed by atoms with Crippen molar-refractivity contribution in [2.45, 2.75) is 32.0 Å². The molecule has 1 rings (SSSR count). The lowest BCUT2D eigenvalue weighted by molar-refractivity contribution is -0.134. The van der Waals surface area contributed by atoms with Gasteiger partial charge in [0.25, 0.3) is 5.89 Å². The minimum atomic E-state index is -4.23. The van der Waals surface area contributed by atoms with Crippen molar-refractivity contribution in [3.8, 4) is 0 Å². The van der Waals surface area contributed by atoms with Crippen LogP contribution in [0.3, 0.4) is 0 Å². The molecule has 1 N–H and O–H groups in total. The minimum absolute atomic E-state index is 0.0433. The second kappa shape index (κ2) is 3.95. The topological polar surface area (TPSA) is 59.2 Å². The SMILES string of the molecule is CC(O)c1nc(CCC(F)(F)F)no1. The number of halogens is 3. The lowest BCUT2D eigenvalue weighted by Gasteiger charge is -2.01. The molecule has 0 saturated carbocycles. The van der Waals surface area contributed by atoms with Gasteiger partial charge in [-0.1, -0.05) is 5.16 Å². The summed E-state index contributed by atoms with van der Waals surface area (Å²) in [5, 5.41) is 12.2. The quantitative estimate of drug-likeness (QED) is 0.823. The highest BCUT2D eigenvalue weighted by Gasteiger charge is 2.27. The first-order valence-corrected chi connectivity index (χ1v) is 3.96. The molecule has 0 aliphatic rings. The number of aromatic nitrogens is 2. The Hall–Kier alpha value is -1.11. The van der Waals surface area contributed by atoms with Crippen molar-refractivity contribution >= 4 is 0 Å². The molecular weight excluding hydrogens is 201 g/mol. The van der Waals surface area contributed by atoms with Crippen LogP contribution in [0.5, 0.6) is 0 Å². The van der Waals surface area contributed by atoms with Crippen LogP contribution in [0.2, 0.25) is 0 Å². The Bertz CT molecular complexity index is 295. The van der Waals surface area contributed by atoms with Gasteiger partial charge in [-0.05, 0) is 6.92 Å². The zero-order valence-electron chi connectivity index (χ0n) is 7.38. The van der Waals surface area contributed by atoms with Crippen LogP contribution in [0, 0.1) is 0 Å². The zero-order valence-corrected chi connectivity index (χ0v) is 7.38. The molecule has 7 heteroatoms. The molecule has 0 aromatic carbocycles. The largest absolute Gasteiger partial charge is 0.389 e. The first-order valence-electron chi connectivity index (χ1n) is 3.96. The molecule has 0 saturated heterocycles. The summed E-state index contributed by atoms with van der Waals surface area (Å²) in [6.07, 6.45) is -6.51. The van der Waals surface area contributed by atoms with Crippen LogP contribution in [-0.4, -0.2) is 21.4 Å². The van der Waals surface area contributed by atoms with Crippen LogP contribution in [0.4, 0.5) is 13.2 Å². The number of aliphatic hydroxyl groups is 1. The zero-order chi connectivity index (χ0) is 10.8. The second-order valence-corrected chi connectivity index (χ2v) is 2.84. The van der Waals surface area contributed by atoms with E-state index < -0.39 is 18.7 Å². The van der Waals surface area contributed by atoms with Gasteiger partial charge < -0.3 is 9.63 Å². The van der Waals surface area contributed by atoms with Crippen molar-refractivity contribution < 1.29 is 22.8 Å². The monoisotopic (exact) mass is 210 g/mol. The second-order valence-electron chi connectivity index (χ2n) is 2.84. The predicted molar refractivity (Wildman–Crippen MR) is 39.3 cm³/mol. The van der Waals surface area contributed by atoms with E-state index in [-0.39, 0.29) is 18.1 Å². The maximum Gasteiger partial charge on any atom is 0.389 e. The molecule has 1 aromatic rings. The van der Waals surface area contributed by atoms with Crippen LogP contribution in [-0.2, 0) is 6.42 Å². The fourth-order valence-electron chi connectivity index (χ4n) is 0.792. The van der Waals surface area contributed by atoms with Crippen molar-refractivity contribution in [2.75, 3.05) is 0 Å². The van der Waals surface area contributed by atoms with Crippen molar-refractivity contribution in [1.82, 2.24) is 10.1 Å². The van der Waals surface area contributed by atoms with E-state index in [9.17, 15) is 13.2 Å². The van der Waals surface area contributed by atoms with Gasteiger partial charge in [0.2, 0.25) is 0 Å². The Morgan fingerprint density at radius 3 is 2.57 bits per heavy atom. The number of aryl methyl sites for hydroxylation is 1. The van der Waals surface area contributed by atoms with E-state index in [1.807, 2.05) is 0 Å². The van der Waals surface area contributed by atoms with E-state index in [4.69, 9.17) is 5.11 Å². The Balaban J connectivity index is 2.52. The molecule has 4 nitrogen and oxygen atoms in total. The van der Waals surface area contributed by atoms with Gasteiger partial charge in [0.15, 0.2) is 5.82 Å². The Morgan fingerprint density at radius 1 is 1.50 bits per heavy atom. The summed E-state index contributed by atoms with van der Waals surface area (Å²) in [6.45, 7) is 1.39. The van der Waals surface area contributed by atoms with Crippen LogP contribution in [0.25, 0.3) is 0 Å². The molecule has 14 heavy (non-hydrogen) atoms. The number of alkyl halides is 3. The van der Waals surface area contributed by atoms with E-state index in [2.05, 4.69) is 14.7 Å². The van der Waals surface area contributed by atoms with E-state index in [0.29, 0.717) is 0 Å². The van der Waals surface area contributed by atoms with Gasteiger partial charge >= 0.3 is 6.18 Å². The number of hydrogen-bond acceptors (Lipinski definition) is 4. The van der Waals surface area contributed by atoms with Gasteiger partial charge in [0.1, 0.15) is 6.10 Å². The van der Waals surface area contributed by atoms with Crippen molar-refractivity contribution in [3.05, 3.63) is 11.7 Å². The molecule has 80 valence electrons. The molecule has 0 bridgehead atoms. The lowest BCUT2D eigenvalue weighted by Crippen LogP contribution is -2.09. The van der Waals surface area contributed by atoms with Gasteiger partial charge in [-0.25, -0.2) is 0 Å². The molecule has 0 fully saturated rings. The molecule has 0 spiro atoms. The summed E-state index contributed by atoms with van der Waals surface area (Å²) in [4.78, 5) is 3.59. The first kappa shape index (κ1) is 11.0. The van der Waals surface area contributed by atoms with Crippen molar-refractivity contribution in [2.24, 2.45) is 0 Å². The van der Waals surface area contributed by atoms with Crippen LogP contribution < -0.4 is 0 Å². The summed E-state index contributed by atoms with van der Waals surface area (Å²) < 4.78 is 39.8. The van der Waals surface area contributed by atoms with Gasteiger partial charge in [-0.15, -0.1) is 0 Å². The van der Waals surface area contributed by atoms with Crippen LogP contribution in [0.15, 0.2) is 4.52 Å².